The van der Waals surface area contributed by atoms with E-state index in [4.69, 9.17) is 4.74 Å². The van der Waals surface area contributed by atoms with Crippen LogP contribution >= 0.6 is 0 Å². The molecule has 1 aliphatic heterocycles. The number of unbranched alkanes of at least 4 members (excludes halogenated alkanes) is 1. The van der Waals surface area contributed by atoms with E-state index in [0.29, 0.717) is 11.7 Å². The van der Waals surface area contributed by atoms with Gasteiger partial charge >= 0.3 is 0 Å². The number of allylic oxidation sites excluding steroid dienone is 1. The quantitative estimate of drug-likeness (QED) is 0.479. The lowest BCUT2D eigenvalue weighted by Crippen LogP contribution is -2.18. The highest BCUT2D eigenvalue weighted by Gasteiger charge is 2.54. The van der Waals surface area contributed by atoms with E-state index in [0.717, 1.165) is 0 Å². The van der Waals surface area contributed by atoms with Crippen molar-refractivity contribution < 1.29 is 4.74 Å². The first-order valence-electron chi connectivity index (χ1n) is 5.72. The lowest BCUT2D eigenvalue weighted by Gasteiger charge is -2.17. The van der Waals surface area contributed by atoms with Crippen LogP contribution in [0.2, 0.25) is 0 Å². The summed E-state index contributed by atoms with van der Waals surface area (Å²) in [6, 6.07) is 0. The van der Waals surface area contributed by atoms with E-state index >= 15 is 0 Å². The van der Waals surface area contributed by atoms with Crippen LogP contribution in [0.1, 0.15) is 51.9 Å². The normalized spacial score (nSPS) is 31.3. The molecule has 0 bridgehead atoms. The van der Waals surface area contributed by atoms with Crippen molar-refractivity contribution in [2.45, 2.75) is 63.6 Å². The molecule has 2 rings (SSSR count). The number of rotatable bonds is 3. The van der Waals surface area contributed by atoms with Crippen LogP contribution < -0.4 is 0 Å². The van der Waals surface area contributed by atoms with Crippen LogP contribution in [0.5, 0.6) is 0 Å². The lowest BCUT2D eigenvalue weighted by molar-refractivity contribution is 0.235. The first-order chi connectivity index (χ1) is 6.37. The molecule has 0 amide bonds. The van der Waals surface area contributed by atoms with E-state index < -0.39 is 0 Å². The monoisotopic (exact) mass is 180 g/mol. The summed E-state index contributed by atoms with van der Waals surface area (Å²) in [4.78, 5) is 0. The Morgan fingerprint density at radius 1 is 1.31 bits per heavy atom. The van der Waals surface area contributed by atoms with Crippen LogP contribution in [0.4, 0.5) is 0 Å². The smallest absolute Gasteiger partial charge is 0.105 e. The van der Waals surface area contributed by atoms with Gasteiger partial charge in [0.25, 0.3) is 0 Å². The zero-order valence-corrected chi connectivity index (χ0v) is 8.59. The van der Waals surface area contributed by atoms with Gasteiger partial charge in [0.05, 0.1) is 5.60 Å². The van der Waals surface area contributed by atoms with Gasteiger partial charge in [-0.3, -0.25) is 0 Å². The molecular weight excluding hydrogens is 160 g/mol. The van der Waals surface area contributed by atoms with Gasteiger partial charge in [-0.25, -0.2) is 0 Å². The molecule has 1 heteroatoms. The maximum Gasteiger partial charge on any atom is 0.105 e. The SMILES string of the molecule is CCC/C=C/C1OC12CCCCC2. The van der Waals surface area contributed by atoms with Crippen molar-refractivity contribution in [1.82, 2.24) is 0 Å². The van der Waals surface area contributed by atoms with E-state index in [1.807, 2.05) is 0 Å². The Morgan fingerprint density at radius 3 is 2.77 bits per heavy atom. The second-order valence-electron chi connectivity index (χ2n) is 4.38. The van der Waals surface area contributed by atoms with Crippen LogP contribution in [0.15, 0.2) is 12.2 Å². The van der Waals surface area contributed by atoms with Crippen molar-refractivity contribution in [2.75, 3.05) is 0 Å². The van der Waals surface area contributed by atoms with Gasteiger partial charge in [-0.2, -0.15) is 0 Å². The van der Waals surface area contributed by atoms with Crippen molar-refractivity contribution in [1.29, 1.82) is 0 Å². The van der Waals surface area contributed by atoms with Crippen LogP contribution in [-0.2, 0) is 4.74 Å². The minimum Gasteiger partial charge on any atom is -0.362 e. The average molecular weight is 180 g/mol. The standard InChI is InChI=1S/C12H20O/c1-2-3-5-8-11-12(13-11)9-6-4-7-10-12/h5,8,11H,2-4,6-7,9-10H2,1H3/b8-5+. The Morgan fingerprint density at radius 2 is 2.08 bits per heavy atom. The molecule has 1 aliphatic carbocycles. The maximum atomic E-state index is 5.81. The van der Waals surface area contributed by atoms with Crippen molar-refractivity contribution in [3.8, 4) is 0 Å². The highest BCUT2D eigenvalue weighted by molar-refractivity contribution is 5.13. The van der Waals surface area contributed by atoms with Crippen molar-refractivity contribution >= 4 is 0 Å². The second kappa shape index (κ2) is 3.83. The summed E-state index contributed by atoms with van der Waals surface area (Å²) in [6.07, 6.45) is 14.3. The molecule has 13 heavy (non-hydrogen) atoms. The topological polar surface area (TPSA) is 12.5 Å². The van der Waals surface area contributed by atoms with Gasteiger partial charge in [0.1, 0.15) is 6.10 Å². The molecule has 1 atom stereocenters. The Kier molecular flexibility index (Phi) is 2.73. The Hall–Kier alpha value is -0.300. The van der Waals surface area contributed by atoms with Crippen LogP contribution in [0.25, 0.3) is 0 Å². The van der Waals surface area contributed by atoms with Gasteiger partial charge in [-0.15, -0.1) is 0 Å². The summed E-state index contributed by atoms with van der Waals surface area (Å²) < 4.78 is 5.81. The van der Waals surface area contributed by atoms with Crippen molar-refractivity contribution in [2.24, 2.45) is 0 Å². The summed E-state index contributed by atoms with van der Waals surface area (Å²) in [5, 5.41) is 0. The molecule has 1 saturated carbocycles. The highest BCUT2D eigenvalue weighted by atomic mass is 16.6. The first kappa shape index (κ1) is 9.26. The molecule has 2 fully saturated rings. The minimum atomic E-state index is 0.308. The van der Waals surface area contributed by atoms with E-state index in [1.165, 1.54) is 44.9 Å². The third-order valence-corrected chi connectivity index (χ3v) is 3.29. The summed E-state index contributed by atoms with van der Waals surface area (Å²) in [7, 11) is 0. The lowest BCUT2D eigenvalue weighted by atomic mass is 9.86. The second-order valence-corrected chi connectivity index (χ2v) is 4.38. The zero-order valence-electron chi connectivity index (χ0n) is 8.59. The van der Waals surface area contributed by atoms with Crippen LogP contribution in [0, 0.1) is 0 Å². The molecule has 1 unspecified atom stereocenters. The summed E-state index contributed by atoms with van der Waals surface area (Å²) >= 11 is 0. The highest BCUT2D eigenvalue weighted by Crippen LogP contribution is 2.48. The Bertz CT molecular complexity index is 189. The van der Waals surface area contributed by atoms with Crippen molar-refractivity contribution in [3.05, 3.63) is 12.2 Å². The zero-order chi connectivity index (χ0) is 9.15. The van der Waals surface area contributed by atoms with Gasteiger partial charge in [0.2, 0.25) is 0 Å². The van der Waals surface area contributed by atoms with Gasteiger partial charge in [-0.1, -0.05) is 44.8 Å². The number of hydrogen-bond donors (Lipinski definition) is 0. The molecule has 1 saturated heterocycles. The van der Waals surface area contributed by atoms with Gasteiger partial charge in [-0.05, 0) is 19.3 Å². The van der Waals surface area contributed by atoms with E-state index in [-0.39, 0.29) is 0 Å². The molecule has 1 spiro atoms. The average Bonchev–Trinajstić information content (AvgIpc) is 2.80. The largest absolute Gasteiger partial charge is 0.362 e. The fraction of sp³-hybridized carbons (Fsp3) is 0.833. The van der Waals surface area contributed by atoms with Crippen LogP contribution in [0.3, 0.4) is 0 Å². The first-order valence-corrected chi connectivity index (χ1v) is 5.72. The fourth-order valence-electron chi connectivity index (χ4n) is 2.37. The Labute approximate surface area is 81.2 Å². The number of hydrogen-bond acceptors (Lipinski definition) is 1. The molecule has 0 aromatic heterocycles. The third kappa shape index (κ3) is 1.96. The van der Waals surface area contributed by atoms with E-state index in [9.17, 15) is 0 Å². The molecule has 0 N–H and O–H groups in total. The molecule has 1 heterocycles. The summed E-state index contributed by atoms with van der Waals surface area (Å²) in [5.41, 5.74) is 0.308. The maximum absolute atomic E-state index is 5.81. The predicted molar refractivity (Wildman–Crippen MR) is 54.7 cm³/mol. The predicted octanol–water partition coefficient (Wildman–Crippen LogP) is 3.44. The van der Waals surface area contributed by atoms with Gasteiger partial charge < -0.3 is 4.74 Å². The van der Waals surface area contributed by atoms with Crippen LogP contribution in [-0.4, -0.2) is 11.7 Å². The molecule has 74 valence electrons. The summed E-state index contributed by atoms with van der Waals surface area (Å²) in [5.74, 6) is 0. The Balaban J connectivity index is 1.79. The summed E-state index contributed by atoms with van der Waals surface area (Å²) in [6.45, 7) is 2.22. The molecular formula is C12H20O. The molecule has 2 aliphatic rings. The van der Waals surface area contributed by atoms with Crippen molar-refractivity contribution in [3.63, 3.8) is 0 Å². The van der Waals surface area contributed by atoms with E-state index in [1.54, 1.807) is 0 Å². The number of ether oxygens (including phenoxy) is 1. The third-order valence-electron chi connectivity index (χ3n) is 3.29. The molecule has 1 nitrogen and oxygen atoms in total. The molecule has 0 aromatic rings. The minimum absolute atomic E-state index is 0.308. The van der Waals surface area contributed by atoms with E-state index in [2.05, 4.69) is 19.1 Å². The number of epoxide rings is 1. The van der Waals surface area contributed by atoms with Gasteiger partial charge in [0.15, 0.2) is 0 Å². The van der Waals surface area contributed by atoms with Gasteiger partial charge in [0, 0.05) is 0 Å². The fourth-order valence-corrected chi connectivity index (χ4v) is 2.37. The molecule has 0 radical (unpaired) electrons. The molecule has 0 aromatic carbocycles.